The molecule has 0 heterocycles. The number of hydrogen-bond acceptors (Lipinski definition) is 0. The van der Waals surface area contributed by atoms with E-state index in [9.17, 15) is 4.39 Å². The fraction of sp³-hybridized carbons (Fsp3) is 0.250. The Kier molecular flexibility index (Phi) is 3.86. The van der Waals surface area contributed by atoms with Crippen LogP contribution >= 0.6 is 15.9 Å². The molecule has 0 N–H and O–H groups in total. The molecule has 1 atom stereocenters. The van der Waals surface area contributed by atoms with Crippen molar-refractivity contribution in [1.82, 2.24) is 0 Å². The highest BCUT2D eigenvalue weighted by Gasteiger charge is 2.15. The molecule has 18 heavy (non-hydrogen) atoms. The van der Waals surface area contributed by atoms with Gasteiger partial charge in [0.15, 0.2) is 0 Å². The second-order valence-corrected chi connectivity index (χ2v) is 5.64. The van der Waals surface area contributed by atoms with E-state index in [2.05, 4.69) is 48.0 Å². The summed E-state index contributed by atoms with van der Waals surface area (Å²) < 4.78 is 13.1. The zero-order valence-corrected chi connectivity index (χ0v) is 12.4. The molecular formula is C16H16BrF. The first-order valence-electron chi connectivity index (χ1n) is 5.96. The second-order valence-electron chi connectivity index (χ2n) is 4.72. The van der Waals surface area contributed by atoms with Crippen LogP contribution in [0, 0.1) is 26.6 Å². The summed E-state index contributed by atoms with van der Waals surface area (Å²) in [4.78, 5) is 0.109. The fourth-order valence-electron chi connectivity index (χ4n) is 2.12. The molecule has 0 nitrogen and oxygen atoms in total. The highest BCUT2D eigenvalue weighted by Crippen LogP contribution is 2.35. The minimum absolute atomic E-state index is 0.109. The molecule has 2 heteroatoms. The molecule has 0 aliphatic heterocycles. The molecule has 0 aromatic heterocycles. The van der Waals surface area contributed by atoms with Crippen LogP contribution in [0.1, 0.15) is 32.6 Å². The molecule has 0 bridgehead atoms. The first-order valence-corrected chi connectivity index (χ1v) is 6.88. The van der Waals surface area contributed by atoms with Gasteiger partial charge in [0, 0.05) is 0 Å². The van der Waals surface area contributed by atoms with Gasteiger partial charge in [0.05, 0.1) is 4.83 Å². The SMILES string of the molecule is Cc1ccc(C)c(C(Br)c2ccc(F)cc2C)c1. The second kappa shape index (κ2) is 5.23. The molecule has 0 aliphatic rings. The van der Waals surface area contributed by atoms with Crippen LogP contribution in [0.25, 0.3) is 0 Å². The molecule has 0 saturated carbocycles. The monoisotopic (exact) mass is 306 g/mol. The molecular weight excluding hydrogens is 291 g/mol. The molecule has 0 saturated heterocycles. The number of hydrogen-bond donors (Lipinski definition) is 0. The molecule has 0 amide bonds. The molecule has 1 unspecified atom stereocenters. The molecule has 2 rings (SSSR count). The standard InChI is InChI=1S/C16H16BrF/c1-10-4-5-11(2)15(8-10)16(17)14-7-6-13(18)9-12(14)3/h4-9,16H,1-3H3. The Hall–Kier alpha value is -1.15. The summed E-state index contributed by atoms with van der Waals surface area (Å²) in [5, 5.41) is 0. The van der Waals surface area contributed by atoms with Crippen LogP contribution in [0.3, 0.4) is 0 Å². The summed E-state index contributed by atoms with van der Waals surface area (Å²) in [6, 6.07) is 11.4. The van der Waals surface area contributed by atoms with E-state index in [1.54, 1.807) is 6.07 Å². The number of benzene rings is 2. The predicted molar refractivity (Wildman–Crippen MR) is 77.8 cm³/mol. The first kappa shape index (κ1) is 13.3. The molecule has 0 aliphatic carbocycles. The van der Waals surface area contributed by atoms with Crippen molar-refractivity contribution in [3.63, 3.8) is 0 Å². The van der Waals surface area contributed by atoms with Crippen LogP contribution in [0.2, 0.25) is 0 Å². The van der Waals surface area contributed by atoms with Gasteiger partial charge < -0.3 is 0 Å². The van der Waals surface area contributed by atoms with Crippen LogP contribution in [0.5, 0.6) is 0 Å². The van der Waals surface area contributed by atoms with E-state index >= 15 is 0 Å². The van der Waals surface area contributed by atoms with Gasteiger partial charge in [-0.2, -0.15) is 0 Å². The van der Waals surface area contributed by atoms with Crippen molar-refractivity contribution >= 4 is 15.9 Å². The number of aryl methyl sites for hydroxylation is 3. The summed E-state index contributed by atoms with van der Waals surface area (Å²) in [6.07, 6.45) is 0. The maximum absolute atomic E-state index is 13.1. The molecule has 2 aromatic carbocycles. The Labute approximate surface area is 116 Å². The fourth-order valence-corrected chi connectivity index (χ4v) is 3.13. The smallest absolute Gasteiger partial charge is 0.123 e. The van der Waals surface area contributed by atoms with Gasteiger partial charge in [0.25, 0.3) is 0 Å². The van der Waals surface area contributed by atoms with E-state index in [-0.39, 0.29) is 10.6 Å². The Morgan fingerprint density at radius 1 is 0.889 bits per heavy atom. The van der Waals surface area contributed by atoms with Crippen molar-refractivity contribution in [2.75, 3.05) is 0 Å². The molecule has 0 radical (unpaired) electrons. The van der Waals surface area contributed by atoms with E-state index in [0.29, 0.717) is 0 Å². The minimum Gasteiger partial charge on any atom is -0.207 e. The highest BCUT2D eigenvalue weighted by molar-refractivity contribution is 9.09. The molecule has 0 spiro atoms. The summed E-state index contributed by atoms with van der Waals surface area (Å²) in [7, 11) is 0. The lowest BCUT2D eigenvalue weighted by Crippen LogP contribution is -1.99. The van der Waals surface area contributed by atoms with E-state index in [1.165, 1.54) is 22.8 Å². The van der Waals surface area contributed by atoms with Crippen LogP contribution in [-0.2, 0) is 0 Å². The van der Waals surface area contributed by atoms with E-state index < -0.39 is 0 Å². The van der Waals surface area contributed by atoms with E-state index in [0.717, 1.165) is 11.1 Å². The van der Waals surface area contributed by atoms with E-state index in [4.69, 9.17) is 0 Å². The third kappa shape index (κ3) is 2.64. The van der Waals surface area contributed by atoms with Gasteiger partial charge in [0.2, 0.25) is 0 Å². The maximum Gasteiger partial charge on any atom is 0.123 e. The van der Waals surface area contributed by atoms with Crippen molar-refractivity contribution < 1.29 is 4.39 Å². The van der Waals surface area contributed by atoms with E-state index in [1.807, 2.05) is 13.0 Å². The van der Waals surface area contributed by atoms with Gasteiger partial charge in [0.1, 0.15) is 5.82 Å². The summed E-state index contributed by atoms with van der Waals surface area (Å²) in [5.74, 6) is -0.183. The van der Waals surface area contributed by atoms with Crippen molar-refractivity contribution in [2.24, 2.45) is 0 Å². The highest BCUT2D eigenvalue weighted by atomic mass is 79.9. The van der Waals surface area contributed by atoms with Crippen molar-refractivity contribution in [2.45, 2.75) is 25.6 Å². The summed E-state index contributed by atoms with van der Waals surface area (Å²) in [5.41, 5.74) is 5.80. The Balaban J connectivity index is 2.47. The lowest BCUT2D eigenvalue weighted by atomic mass is 9.96. The van der Waals surface area contributed by atoms with Gasteiger partial charge >= 0.3 is 0 Å². The molecule has 0 fully saturated rings. The Morgan fingerprint density at radius 3 is 2.28 bits per heavy atom. The normalized spacial score (nSPS) is 12.5. The zero-order chi connectivity index (χ0) is 13.3. The average Bonchev–Trinajstić information content (AvgIpc) is 2.31. The Morgan fingerprint density at radius 2 is 1.61 bits per heavy atom. The molecule has 2 aromatic rings. The van der Waals surface area contributed by atoms with Crippen molar-refractivity contribution in [3.05, 3.63) is 70.0 Å². The van der Waals surface area contributed by atoms with Crippen LogP contribution in [-0.4, -0.2) is 0 Å². The molecule has 94 valence electrons. The van der Waals surface area contributed by atoms with Gasteiger partial charge in [-0.3, -0.25) is 0 Å². The maximum atomic E-state index is 13.1. The number of halogens is 2. The van der Waals surface area contributed by atoms with Crippen molar-refractivity contribution in [1.29, 1.82) is 0 Å². The van der Waals surface area contributed by atoms with Crippen LogP contribution in [0.15, 0.2) is 36.4 Å². The van der Waals surface area contributed by atoms with Gasteiger partial charge in [-0.25, -0.2) is 4.39 Å². The minimum atomic E-state index is -0.183. The van der Waals surface area contributed by atoms with Crippen molar-refractivity contribution in [3.8, 4) is 0 Å². The average molecular weight is 307 g/mol. The largest absolute Gasteiger partial charge is 0.207 e. The topological polar surface area (TPSA) is 0 Å². The van der Waals surface area contributed by atoms with Crippen LogP contribution < -0.4 is 0 Å². The Bertz CT molecular complexity index is 575. The lowest BCUT2D eigenvalue weighted by molar-refractivity contribution is 0.626. The van der Waals surface area contributed by atoms with Crippen LogP contribution in [0.4, 0.5) is 4.39 Å². The third-order valence-corrected chi connectivity index (χ3v) is 4.20. The lowest BCUT2D eigenvalue weighted by Gasteiger charge is -2.16. The first-order chi connectivity index (χ1) is 8.49. The summed E-state index contributed by atoms with van der Waals surface area (Å²) >= 11 is 3.73. The third-order valence-electron chi connectivity index (χ3n) is 3.21. The van der Waals surface area contributed by atoms with Gasteiger partial charge in [-0.15, -0.1) is 0 Å². The quantitative estimate of drug-likeness (QED) is 0.666. The van der Waals surface area contributed by atoms with Gasteiger partial charge in [-0.1, -0.05) is 45.8 Å². The summed E-state index contributed by atoms with van der Waals surface area (Å²) in [6.45, 7) is 6.12. The predicted octanol–water partition coefficient (Wildman–Crippen LogP) is 5.24. The zero-order valence-electron chi connectivity index (χ0n) is 10.8. The number of alkyl halides is 1. The van der Waals surface area contributed by atoms with Gasteiger partial charge in [-0.05, 0) is 55.2 Å². The number of rotatable bonds is 2.